The lowest BCUT2D eigenvalue weighted by Gasteiger charge is -2.38. The van der Waals surface area contributed by atoms with Crippen molar-refractivity contribution in [2.75, 3.05) is 0 Å². The second kappa shape index (κ2) is 6.64. The van der Waals surface area contributed by atoms with E-state index in [0.29, 0.717) is 18.0 Å². The van der Waals surface area contributed by atoms with E-state index in [1.165, 1.54) is 24.0 Å². The van der Waals surface area contributed by atoms with Crippen molar-refractivity contribution in [3.05, 3.63) is 70.7 Å². The van der Waals surface area contributed by atoms with Gasteiger partial charge in [-0.1, -0.05) is 60.1 Å². The first-order chi connectivity index (χ1) is 10.2. The minimum atomic E-state index is 0.518. The molecule has 1 saturated carbocycles. The quantitative estimate of drug-likeness (QED) is 0.835. The molecule has 2 aromatic carbocycles. The molecule has 0 radical (unpaired) electrons. The molecule has 0 spiro atoms. The van der Waals surface area contributed by atoms with Crippen LogP contribution in [0.1, 0.15) is 36.8 Å². The summed E-state index contributed by atoms with van der Waals surface area (Å²) in [6.07, 6.45) is 3.49. The molecule has 2 heteroatoms. The summed E-state index contributed by atoms with van der Waals surface area (Å²) in [6, 6.07) is 20.1. The first kappa shape index (κ1) is 14.6. The average Bonchev–Trinajstić information content (AvgIpc) is 2.45. The molecule has 1 aliphatic rings. The summed E-state index contributed by atoms with van der Waals surface area (Å²) in [6.45, 7) is 2.27. The van der Waals surface area contributed by atoms with Crippen molar-refractivity contribution in [3.63, 3.8) is 0 Å². The van der Waals surface area contributed by atoms with Gasteiger partial charge in [0.05, 0.1) is 0 Å². The number of halogens is 1. The van der Waals surface area contributed by atoms with E-state index in [9.17, 15) is 0 Å². The Labute approximate surface area is 132 Å². The highest BCUT2D eigenvalue weighted by Gasteiger charge is 2.31. The Morgan fingerprint density at radius 1 is 1.05 bits per heavy atom. The summed E-state index contributed by atoms with van der Waals surface area (Å²) in [5.41, 5.74) is 2.72. The Hall–Kier alpha value is -1.31. The zero-order valence-electron chi connectivity index (χ0n) is 12.4. The third-order valence-corrected chi connectivity index (χ3v) is 4.73. The van der Waals surface area contributed by atoms with Gasteiger partial charge in [0.1, 0.15) is 0 Å². The van der Waals surface area contributed by atoms with Gasteiger partial charge in [0.15, 0.2) is 0 Å². The zero-order valence-corrected chi connectivity index (χ0v) is 13.2. The maximum atomic E-state index is 6.27. The van der Waals surface area contributed by atoms with Crippen LogP contribution >= 0.6 is 11.6 Å². The lowest BCUT2D eigenvalue weighted by atomic mass is 9.75. The summed E-state index contributed by atoms with van der Waals surface area (Å²) in [4.78, 5) is 0. The van der Waals surface area contributed by atoms with E-state index >= 15 is 0 Å². The molecule has 1 aliphatic carbocycles. The summed E-state index contributed by atoms with van der Waals surface area (Å²) in [5, 5.41) is 4.66. The van der Waals surface area contributed by atoms with Gasteiger partial charge in [-0.15, -0.1) is 0 Å². The molecule has 3 rings (SSSR count). The van der Waals surface area contributed by atoms with E-state index in [2.05, 4.69) is 54.7 Å². The SMILES string of the molecule is CC(Cc1ccccc1)NC1CC(c2ccccc2Cl)C1. The second-order valence-corrected chi connectivity index (χ2v) is 6.55. The predicted octanol–water partition coefficient (Wildman–Crippen LogP) is 4.81. The summed E-state index contributed by atoms with van der Waals surface area (Å²) >= 11 is 6.27. The molecule has 0 aliphatic heterocycles. The first-order valence-electron chi connectivity index (χ1n) is 7.77. The molecule has 0 saturated heterocycles. The second-order valence-electron chi connectivity index (χ2n) is 6.14. The van der Waals surface area contributed by atoms with Gasteiger partial charge < -0.3 is 5.32 Å². The van der Waals surface area contributed by atoms with Crippen molar-refractivity contribution >= 4 is 11.6 Å². The van der Waals surface area contributed by atoms with Crippen LogP contribution in [0, 0.1) is 0 Å². The van der Waals surface area contributed by atoms with E-state index in [0.717, 1.165) is 11.4 Å². The van der Waals surface area contributed by atoms with Gasteiger partial charge in [0, 0.05) is 17.1 Å². The largest absolute Gasteiger partial charge is 0.311 e. The van der Waals surface area contributed by atoms with Gasteiger partial charge in [-0.05, 0) is 49.3 Å². The third kappa shape index (κ3) is 3.66. The van der Waals surface area contributed by atoms with Crippen LogP contribution in [0.5, 0.6) is 0 Å². The van der Waals surface area contributed by atoms with Crippen LogP contribution in [-0.4, -0.2) is 12.1 Å². The summed E-state index contributed by atoms with van der Waals surface area (Å²) in [5.74, 6) is 0.625. The van der Waals surface area contributed by atoms with E-state index in [-0.39, 0.29) is 0 Å². The lowest BCUT2D eigenvalue weighted by molar-refractivity contribution is 0.269. The molecule has 2 aromatic rings. The standard InChI is InChI=1S/C19H22ClN/c1-14(11-15-7-3-2-4-8-15)21-17-12-16(13-17)18-9-5-6-10-19(18)20/h2-10,14,16-17,21H,11-13H2,1H3. The number of hydrogen-bond donors (Lipinski definition) is 1. The van der Waals surface area contributed by atoms with Crippen molar-refractivity contribution in [1.29, 1.82) is 0 Å². The van der Waals surface area contributed by atoms with E-state index in [1.807, 2.05) is 12.1 Å². The molecule has 0 amide bonds. The topological polar surface area (TPSA) is 12.0 Å². The highest BCUT2D eigenvalue weighted by atomic mass is 35.5. The Morgan fingerprint density at radius 2 is 1.71 bits per heavy atom. The minimum Gasteiger partial charge on any atom is -0.311 e. The van der Waals surface area contributed by atoms with Crippen LogP contribution in [0.25, 0.3) is 0 Å². The van der Waals surface area contributed by atoms with E-state index in [4.69, 9.17) is 11.6 Å². The number of rotatable bonds is 5. The van der Waals surface area contributed by atoms with Gasteiger partial charge in [0.25, 0.3) is 0 Å². The molecule has 21 heavy (non-hydrogen) atoms. The lowest BCUT2D eigenvalue weighted by Crippen LogP contribution is -2.45. The molecule has 1 fully saturated rings. The molecule has 0 heterocycles. The van der Waals surface area contributed by atoms with Crippen molar-refractivity contribution in [2.45, 2.75) is 44.2 Å². The van der Waals surface area contributed by atoms with Gasteiger partial charge in [0.2, 0.25) is 0 Å². The number of hydrogen-bond acceptors (Lipinski definition) is 1. The molecule has 1 atom stereocenters. The van der Waals surface area contributed by atoms with Gasteiger partial charge in [-0.3, -0.25) is 0 Å². The van der Waals surface area contributed by atoms with Crippen molar-refractivity contribution in [1.82, 2.24) is 5.32 Å². The fourth-order valence-electron chi connectivity index (χ4n) is 3.24. The van der Waals surface area contributed by atoms with Crippen molar-refractivity contribution in [2.24, 2.45) is 0 Å². The van der Waals surface area contributed by atoms with Crippen LogP contribution in [0.4, 0.5) is 0 Å². The maximum absolute atomic E-state index is 6.27. The third-order valence-electron chi connectivity index (χ3n) is 4.39. The van der Waals surface area contributed by atoms with Crippen LogP contribution < -0.4 is 5.32 Å². The Bertz CT molecular complexity index is 575. The van der Waals surface area contributed by atoms with Crippen LogP contribution in [0.2, 0.25) is 5.02 Å². The predicted molar refractivity (Wildman–Crippen MR) is 90.0 cm³/mol. The van der Waals surface area contributed by atoms with Crippen molar-refractivity contribution in [3.8, 4) is 0 Å². The molecule has 1 N–H and O–H groups in total. The minimum absolute atomic E-state index is 0.518. The van der Waals surface area contributed by atoms with Crippen LogP contribution in [0.15, 0.2) is 54.6 Å². The monoisotopic (exact) mass is 299 g/mol. The first-order valence-corrected chi connectivity index (χ1v) is 8.14. The normalized spacial score (nSPS) is 22.6. The highest BCUT2D eigenvalue weighted by Crippen LogP contribution is 2.40. The van der Waals surface area contributed by atoms with E-state index < -0.39 is 0 Å². The number of benzene rings is 2. The molecule has 0 aromatic heterocycles. The maximum Gasteiger partial charge on any atom is 0.0440 e. The van der Waals surface area contributed by atoms with Gasteiger partial charge in [-0.25, -0.2) is 0 Å². The molecule has 1 nitrogen and oxygen atoms in total. The molecule has 0 bridgehead atoms. The Kier molecular flexibility index (Phi) is 4.62. The van der Waals surface area contributed by atoms with Crippen molar-refractivity contribution < 1.29 is 0 Å². The highest BCUT2D eigenvalue weighted by molar-refractivity contribution is 6.31. The van der Waals surface area contributed by atoms with E-state index in [1.54, 1.807) is 0 Å². The molecule has 110 valence electrons. The number of nitrogens with one attached hydrogen (secondary N) is 1. The Balaban J connectivity index is 1.48. The fraction of sp³-hybridized carbons (Fsp3) is 0.368. The Morgan fingerprint density at radius 3 is 2.43 bits per heavy atom. The zero-order chi connectivity index (χ0) is 14.7. The smallest absolute Gasteiger partial charge is 0.0440 e. The van der Waals surface area contributed by atoms with Crippen LogP contribution in [-0.2, 0) is 6.42 Å². The van der Waals surface area contributed by atoms with Gasteiger partial charge >= 0.3 is 0 Å². The van der Waals surface area contributed by atoms with Crippen LogP contribution in [0.3, 0.4) is 0 Å². The van der Waals surface area contributed by atoms with Gasteiger partial charge in [-0.2, -0.15) is 0 Å². The summed E-state index contributed by atoms with van der Waals surface area (Å²) < 4.78 is 0. The fourth-order valence-corrected chi connectivity index (χ4v) is 3.53. The molecule has 1 unspecified atom stereocenters. The summed E-state index contributed by atoms with van der Waals surface area (Å²) in [7, 11) is 0. The molecular weight excluding hydrogens is 278 g/mol. The average molecular weight is 300 g/mol. The molecular formula is C19H22ClN.